The molecule has 2 heterocycles. The third kappa shape index (κ3) is 2.62. The van der Waals surface area contributed by atoms with Gasteiger partial charge in [-0.05, 0) is 32.6 Å². The summed E-state index contributed by atoms with van der Waals surface area (Å²) in [5.41, 5.74) is 4.42. The van der Waals surface area contributed by atoms with Crippen molar-refractivity contribution in [3.8, 4) is 11.5 Å². The molecule has 2 aliphatic heterocycles. The Labute approximate surface area is 139 Å². The summed E-state index contributed by atoms with van der Waals surface area (Å²) in [6.07, 6.45) is 6.44. The molecule has 0 amide bonds. The number of anilines is 1. The van der Waals surface area contributed by atoms with Gasteiger partial charge >= 0.3 is 0 Å². The summed E-state index contributed by atoms with van der Waals surface area (Å²) < 4.78 is 5.96. The second kappa shape index (κ2) is 6.31. The van der Waals surface area contributed by atoms with E-state index in [-0.39, 0.29) is 5.92 Å². The molecule has 124 valence electrons. The van der Waals surface area contributed by atoms with E-state index < -0.39 is 0 Å². The Morgan fingerprint density at radius 3 is 2.87 bits per heavy atom. The highest BCUT2D eigenvalue weighted by atomic mass is 16.5. The molecule has 0 saturated heterocycles. The van der Waals surface area contributed by atoms with Crippen molar-refractivity contribution in [2.75, 3.05) is 11.9 Å². The number of hydrogen-bond acceptors (Lipinski definition) is 3. The Morgan fingerprint density at radius 1 is 1.30 bits per heavy atom. The molecular weight excluding hydrogens is 286 g/mol. The molecule has 0 radical (unpaired) electrons. The van der Waals surface area contributed by atoms with Crippen LogP contribution in [0.5, 0.6) is 11.5 Å². The molecule has 1 aliphatic carbocycles. The first kappa shape index (κ1) is 16.0. The predicted octanol–water partition coefficient (Wildman–Crippen LogP) is 5.12. The number of ether oxygens (including phenoxy) is 1. The highest BCUT2D eigenvalue weighted by molar-refractivity contribution is 5.68. The Balaban J connectivity index is 0.000000753. The molecule has 0 bridgehead atoms. The Kier molecular flexibility index (Phi) is 4.38. The lowest BCUT2D eigenvalue weighted by Gasteiger charge is -2.38. The summed E-state index contributed by atoms with van der Waals surface area (Å²) >= 11 is 0. The largest absolute Gasteiger partial charge is 0.507 e. The monoisotopic (exact) mass is 313 g/mol. The number of allylic oxidation sites excluding steroid dienone is 3. The van der Waals surface area contributed by atoms with E-state index in [4.69, 9.17) is 4.74 Å². The molecule has 0 saturated carbocycles. The van der Waals surface area contributed by atoms with Gasteiger partial charge in [-0.15, -0.1) is 0 Å². The van der Waals surface area contributed by atoms with Gasteiger partial charge in [0.15, 0.2) is 0 Å². The van der Waals surface area contributed by atoms with Crippen LogP contribution in [-0.4, -0.2) is 11.7 Å². The minimum Gasteiger partial charge on any atom is -0.507 e. The van der Waals surface area contributed by atoms with Crippen LogP contribution in [0.4, 0.5) is 5.69 Å². The van der Waals surface area contributed by atoms with E-state index in [1.165, 1.54) is 5.57 Å². The van der Waals surface area contributed by atoms with Gasteiger partial charge in [0.05, 0.1) is 0 Å². The molecule has 3 aliphatic rings. The van der Waals surface area contributed by atoms with Crippen molar-refractivity contribution in [1.82, 2.24) is 0 Å². The van der Waals surface area contributed by atoms with Gasteiger partial charge in [0.2, 0.25) is 0 Å². The third-order valence-corrected chi connectivity index (χ3v) is 5.06. The lowest BCUT2D eigenvalue weighted by molar-refractivity contribution is 0.274. The van der Waals surface area contributed by atoms with Crippen molar-refractivity contribution in [3.05, 3.63) is 41.2 Å². The molecule has 4 rings (SSSR count). The van der Waals surface area contributed by atoms with E-state index in [0.29, 0.717) is 11.7 Å². The second-order valence-corrected chi connectivity index (χ2v) is 6.45. The maximum absolute atomic E-state index is 10.8. The summed E-state index contributed by atoms with van der Waals surface area (Å²) in [7, 11) is 0. The maximum atomic E-state index is 10.8. The van der Waals surface area contributed by atoms with Gasteiger partial charge in [-0.1, -0.05) is 32.1 Å². The van der Waals surface area contributed by atoms with Crippen LogP contribution in [-0.2, 0) is 6.42 Å². The van der Waals surface area contributed by atoms with Gasteiger partial charge in [0.1, 0.15) is 17.3 Å². The van der Waals surface area contributed by atoms with Gasteiger partial charge in [0, 0.05) is 41.3 Å². The number of aromatic hydroxyl groups is 1. The summed E-state index contributed by atoms with van der Waals surface area (Å²) in [6.45, 7) is 11.2. The number of benzene rings is 1. The van der Waals surface area contributed by atoms with E-state index in [1.54, 1.807) is 0 Å². The van der Waals surface area contributed by atoms with Crippen molar-refractivity contribution >= 4 is 5.69 Å². The van der Waals surface area contributed by atoms with Crippen LogP contribution in [0.2, 0.25) is 0 Å². The quantitative estimate of drug-likeness (QED) is 0.653. The van der Waals surface area contributed by atoms with E-state index in [9.17, 15) is 5.11 Å². The average Bonchev–Trinajstić information content (AvgIpc) is 2.56. The number of rotatable bonds is 0. The maximum Gasteiger partial charge on any atom is 0.136 e. The van der Waals surface area contributed by atoms with Crippen molar-refractivity contribution in [3.63, 3.8) is 0 Å². The molecule has 1 aromatic rings. The fourth-order valence-corrected chi connectivity index (χ4v) is 3.94. The molecule has 0 fully saturated rings. The van der Waals surface area contributed by atoms with Gasteiger partial charge in [-0.3, -0.25) is 0 Å². The predicted molar refractivity (Wildman–Crippen MR) is 95.3 cm³/mol. The van der Waals surface area contributed by atoms with Crippen molar-refractivity contribution < 1.29 is 9.84 Å². The van der Waals surface area contributed by atoms with Gasteiger partial charge in [-0.25, -0.2) is 0 Å². The van der Waals surface area contributed by atoms with Crippen LogP contribution in [0.1, 0.15) is 57.1 Å². The van der Waals surface area contributed by atoms with Crippen LogP contribution in [0.3, 0.4) is 0 Å². The molecule has 2 N–H and O–H groups in total. The SMILES string of the molecule is C=C1Oc2cc3c(c(O)c2C2C=C(C)CCC12)CCCN3.CC. The number of phenols is 1. The summed E-state index contributed by atoms with van der Waals surface area (Å²) in [5.74, 6) is 2.55. The first-order valence-corrected chi connectivity index (χ1v) is 8.81. The highest BCUT2D eigenvalue weighted by Crippen LogP contribution is 2.53. The Morgan fingerprint density at radius 2 is 2.09 bits per heavy atom. The fraction of sp³-hybridized carbons (Fsp3) is 0.500. The number of phenolic OH excluding ortho intramolecular Hbond substituents is 1. The van der Waals surface area contributed by atoms with Crippen LogP contribution >= 0.6 is 0 Å². The van der Waals surface area contributed by atoms with E-state index in [1.807, 2.05) is 19.9 Å². The summed E-state index contributed by atoms with van der Waals surface area (Å²) in [5, 5.41) is 14.2. The topological polar surface area (TPSA) is 41.5 Å². The summed E-state index contributed by atoms with van der Waals surface area (Å²) in [6, 6.07) is 2.04. The van der Waals surface area contributed by atoms with Crippen molar-refractivity contribution in [2.24, 2.45) is 5.92 Å². The zero-order valence-corrected chi connectivity index (χ0v) is 14.4. The average molecular weight is 313 g/mol. The van der Waals surface area contributed by atoms with E-state index >= 15 is 0 Å². The zero-order chi connectivity index (χ0) is 16.6. The number of hydrogen-bond donors (Lipinski definition) is 2. The minimum absolute atomic E-state index is 0.210. The van der Waals surface area contributed by atoms with Gasteiger partial charge in [0.25, 0.3) is 0 Å². The third-order valence-electron chi connectivity index (χ3n) is 5.06. The second-order valence-electron chi connectivity index (χ2n) is 6.45. The van der Waals surface area contributed by atoms with Crippen LogP contribution in [0.25, 0.3) is 0 Å². The van der Waals surface area contributed by atoms with Crippen LogP contribution in [0.15, 0.2) is 30.1 Å². The molecule has 23 heavy (non-hydrogen) atoms. The lowest BCUT2D eigenvalue weighted by atomic mass is 9.73. The standard InChI is InChI=1S/C18H21NO2.C2H6/c1-10-5-6-12-11(2)21-16-9-15-13(4-3-7-19-15)18(20)17(16)14(12)8-10;1-2/h8-9,12,14,19-20H,2-7H2,1H3;1-2H3. The highest BCUT2D eigenvalue weighted by Gasteiger charge is 2.38. The molecule has 3 nitrogen and oxygen atoms in total. The minimum atomic E-state index is 0.210. The first-order chi connectivity index (χ1) is 11.1. The lowest BCUT2D eigenvalue weighted by Crippen LogP contribution is -2.26. The van der Waals surface area contributed by atoms with Crippen molar-refractivity contribution in [2.45, 2.75) is 52.4 Å². The Bertz CT molecular complexity index is 660. The molecule has 0 spiro atoms. The zero-order valence-electron chi connectivity index (χ0n) is 14.4. The normalized spacial score (nSPS) is 24.7. The molecule has 1 aromatic carbocycles. The Hall–Kier alpha value is -1.90. The van der Waals surface area contributed by atoms with Crippen molar-refractivity contribution in [1.29, 1.82) is 0 Å². The van der Waals surface area contributed by atoms with Gasteiger partial charge < -0.3 is 15.2 Å². The van der Waals surface area contributed by atoms with Crippen LogP contribution in [0, 0.1) is 5.92 Å². The van der Waals surface area contributed by atoms with E-state index in [2.05, 4.69) is 24.9 Å². The first-order valence-electron chi connectivity index (χ1n) is 8.81. The molecule has 0 aromatic heterocycles. The van der Waals surface area contributed by atoms with Crippen LogP contribution < -0.4 is 10.1 Å². The van der Waals surface area contributed by atoms with Gasteiger partial charge in [-0.2, -0.15) is 0 Å². The fourth-order valence-electron chi connectivity index (χ4n) is 3.94. The summed E-state index contributed by atoms with van der Waals surface area (Å²) in [4.78, 5) is 0. The molecular formula is C20H27NO2. The number of nitrogens with one attached hydrogen (secondary N) is 1. The smallest absolute Gasteiger partial charge is 0.136 e. The molecule has 3 heteroatoms. The van der Waals surface area contributed by atoms with E-state index in [0.717, 1.165) is 60.6 Å². The molecule has 2 unspecified atom stereocenters. The number of fused-ring (bicyclic) bond motifs is 4. The molecule has 2 atom stereocenters.